The van der Waals surface area contributed by atoms with E-state index in [1.54, 1.807) is 0 Å². The number of pyridine rings is 1. The zero-order chi connectivity index (χ0) is 13.7. The Morgan fingerprint density at radius 2 is 1.95 bits per heavy atom. The summed E-state index contributed by atoms with van der Waals surface area (Å²) in [6, 6.07) is 12.1. The van der Waals surface area contributed by atoms with Crippen molar-refractivity contribution >= 4 is 5.82 Å². The highest BCUT2D eigenvalue weighted by atomic mass is 16.5. The second-order valence-electron chi connectivity index (χ2n) is 4.58. The van der Waals surface area contributed by atoms with E-state index in [0.717, 1.165) is 23.8 Å². The molecule has 1 aromatic heterocycles. The summed E-state index contributed by atoms with van der Waals surface area (Å²) in [4.78, 5) is 4.48. The van der Waals surface area contributed by atoms with Gasteiger partial charge in [0.15, 0.2) is 0 Å². The van der Waals surface area contributed by atoms with Gasteiger partial charge in [-0.2, -0.15) is 0 Å². The maximum atomic E-state index is 5.77. The molecule has 0 spiro atoms. The molecule has 0 aliphatic heterocycles. The molecular formula is C16H20N2O. The Labute approximate surface area is 114 Å². The summed E-state index contributed by atoms with van der Waals surface area (Å²) in [6.45, 7) is 7.60. The van der Waals surface area contributed by atoms with Crippen LogP contribution in [0.15, 0.2) is 36.4 Å². The van der Waals surface area contributed by atoms with E-state index in [-0.39, 0.29) is 0 Å². The van der Waals surface area contributed by atoms with E-state index in [4.69, 9.17) is 4.74 Å². The van der Waals surface area contributed by atoms with Gasteiger partial charge in [0.1, 0.15) is 18.2 Å². The topological polar surface area (TPSA) is 34.1 Å². The molecule has 1 heterocycles. The van der Waals surface area contributed by atoms with Crippen molar-refractivity contribution in [1.29, 1.82) is 0 Å². The molecule has 0 saturated carbocycles. The lowest BCUT2D eigenvalue weighted by molar-refractivity contribution is 0.301. The molecule has 0 unspecified atom stereocenters. The number of nitrogens with zero attached hydrogens (tertiary/aromatic N) is 1. The van der Waals surface area contributed by atoms with E-state index in [9.17, 15) is 0 Å². The number of nitrogens with one attached hydrogen (secondary N) is 1. The first-order chi connectivity index (χ1) is 9.19. The average Bonchev–Trinajstić information content (AvgIpc) is 2.41. The van der Waals surface area contributed by atoms with Gasteiger partial charge >= 0.3 is 0 Å². The van der Waals surface area contributed by atoms with Crippen LogP contribution in [-0.2, 0) is 6.61 Å². The van der Waals surface area contributed by atoms with E-state index in [0.29, 0.717) is 6.61 Å². The van der Waals surface area contributed by atoms with E-state index in [2.05, 4.69) is 43.2 Å². The Bertz CT molecular complexity index is 552. The number of rotatable bonds is 5. The predicted molar refractivity (Wildman–Crippen MR) is 78.6 cm³/mol. The molecule has 0 radical (unpaired) electrons. The van der Waals surface area contributed by atoms with Crippen molar-refractivity contribution in [2.24, 2.45) is 0 Å². The second kappa shape index (κ2) is 6.23. The molecule has 0 atom stereocenters. The third kappa shape index (κ3) is 3.71. The number of anilines is 1. The fraction of sp³-hybridized carbons (Fsp3) is 0.312. The smallest absolute Gasteiger partial charge is 0.130 e. The lowest BCUT2D eigenvalue weighted by Gasteiger charge is -2.09. The molecule has 19 heavy (non-hydrogen) atoms. The highest BCUT2D eigenvalue weighted by Gasteiger charge is 2.00. The summed E-state index contributed by atoms with van der Waals surface area (Å²) in [5, 5.41) is 3.20. The van der Waals surface area contributed by atoms with Gasteiger partial charge in [-0.1, -0.05) is 12.1 Å². The van der Waals surface area contributed by atoms with E-state index < -0.39 is 0 Å². The Morgan fingerprint density at radius 3 is 2.68 bits per heavy atom. The third-order valence-electron chi connectivity index (χ3n) is 3.03. The predicted octanol–water partition coefficient (Wildman–Crippen LogP) is 3.71. The number of aromatic nitrogens is 1. The first-order valence-electron chi connectivity index (χ1n) is 6.59. The molecule has 0 aliphatic rings. The minimum Gasteiger partial charge on any atom is -0.487 e. The van der Waals surface area contributed by atoms with Gasteiger partial charge in [-0.3, -0.25) is 0 Å². The van der Waals surface area contributed by atoms with Crippen LogP contribution < -0.4 is 10.1 Å². The molecule has 2 rings (SSSR count). The molecule has 3 heteroatoms. The Kier molecular flexibility index (Phi) is 4.39. The lowest BCUT2D eigenvalue weighted by Crippen LogP contribution is -2.03. The van der Waals surface area contributed by atoms with Crippen molar-refractivity contribution in [3.05, 3.63) is 53.2 Å². The quantitative estimate of drug-likeness (QED) is 0.885. The largest absolute Gasteiger partial charge is 0.487 e. The first kappa shape index (κ1) is 13.4. The van der Waals surface area contributed by atoms with Crippen molar-refractivity contribution in [3.8, 4) is 5.75 Å². The number of hydrogen-bond acceptors (Lipinski definition) is 3. The van der Waals surface area contributed by atoms with Crippen LogP contribution in [0.25, 0.3) is 0 Å². The van der Waals surface area contributed by atoms with Crippen LogP contribution in [0.3, 0.4) is 0 Å². The summed E-state index contributed by atoms with van der Waals surface area (Å²) in [5.74, 6) is 1.78. The van der Waals surface area contributed by atoms with Crippen LogP contribution in [0.5, 0.6) is 5.75 Å². The maximum Gasteiger partial charge on any atom is 0.130 e. The van der Waals surface area contributed by atoms with Crippen LogP contribution in [0.4, 0.5) is 5.82 Å². The molecule has 100 valence electrons. The molecule has 2 aromatic rings. The number of hydrogen-bond donors (Lipinski definition) is 1. The van der Waals surface area contributed by atoms with E-state index in [1.807, 2.05) is 24.3 Å². The van der Waals surface area contributed by atoms with Gasteiger partial charge in [-0.25, -0.2) is 4.98 Å². The molecular weight excluding hydrogens is 236 g/mol. The van der Waals surface area contributed by atoms with Crippen LogP contribution in [0.1, 0.15) is 23.7 Å². The van der Waals surface area contributed by atoms with Gasteiger partial charge in [0, 0.05) is 6.54 Å². The van der Waals surface area contributed by atoms with Crippen molar-refractivity contribution in [3.63, 3.8) is 0 Å². The molecule has 0 saturated heterocycles. The van der Waals surface area contributed by atoms with Crippen LogP contribution in [0.2, 0.25) is 0 Å². The van der Waals surface area contributed by atoms with Crippen LogP contribution >= 0.6 is 0 Å². The third-order valence-corrected chi connectivity index (χ3v) is 3.03. The van der Waals surface area contributed by atoms with E-state index >= 15 is 0 Å². The molecule has 0 amide bonds. The molecule has 0 bridgehead atoms. The van der Waals surface area contributed by atoms with Crippen LogP contribution in [0, 0.1) is 13.8 Å². The monoisotopic (exact) mass is 256 g/mol. The molecule has 1 aromatic carbocycles. The van der Waals surface area contributed by atoms with Crippen LogP contribution in [-0.4, -0.2) is 11.5 Å². The van der Waals surface area contributed by atoms with Gasteiger partial charge in [0.2, 0.25) is 0 Å². The molecule has 0 fully saturated rings. The second-order valence-corrected chi connectivity index (χ2v) is 4.58. The fourth-order valence-corrected chi connectivity index (χ4v) is 1.80. The standard InChI is InChI=1S/C16H20N2O/c1-4-17-16-7-5-6-14(18-16)11-19-15-9-8-12(2)13(3)10-15/h5-10H,4,11H2,1-3H3,(H,17,18). The van der Waals surface area contributed by atoms with E-state index in [1.165, 1.54) is 11.1 Å². The Hall–Kier alpha value is -2.03. The zero-order valence-corrected chi connectivity index (χ0v) is 11.7. The normalized spacial score (nSPS) is 10.3. The van der Waals surface area contributed by atoms with Crippen molar-refractivity contribution in [1.82, 2.24) is 4.98 Å². The zero-order valence-electron chi connectivity index (χ0n) is 11.7. The average molecular weight is 256 g/mol. The summed E-state index contributed by atoms with van der Waals surface area (Å²) in [5.41, 5.74) is 3.45. The van der Waals surface area contributed by atoms with Crippen molar-refractivity contribution in [2.45, 2.75) is 27.4 Å². The van der Waals surface area contributed by atoms with Gasteiger partial charge in [-0.15, -0.1) is 0 Å². The molecule has 1 N–H and O–H groups in total. The SMILES string of the molecule is CCNc1cccc(COc2ccc(C)c(C)c2)n1. The maximum absolute atomic E-state index is 5.77. The summed E-state index contributed by atoms with van der Waals surface area (Å²) in [6.07, 6.45) is 0. The Morgan fingerprint density at radius 1 is 1.11 bits per heavy atom. The fourth-order valence-electron chi connectivity index (χ4n) is 1.80. The molecule has 3 nitrogen and oxygen atoms in total. The lowest BCUT2D eigenvalue weighted by atomic mass is 10.1. The Balaban J connectivity index is 2.01. The van der Waals surface area contributed by atoms with Crippen molar-refractivity contribution in [2.75, 3.05) is 11.9 Å². The molecule has 0 aliphatic carbocycles. The van der Waals surface area contributed by atoms with Gasteiger partial charge in [-0.05, 0) is 56.2 Å². The van der Waals surface area contributed by atoms with Gasteiger partial charge < -0.3 is 10.1 Å². The highest BCUT2D eigenvalue weighted by molar-refractivity contribution is 5.36. The highest BCUT2D eigenvalue weighted by Crippen LogP contribution is 2.17. The number of aryl methyl sites for hydroxylation is 2. The number of benzene rings is 1. The van der Waals surface area contributed by atoms with Gasteiger partial charge in [0.25, 0.3) is 0 Å². The minimum atomic E-state index is 0.488. The minimum absolute atomic E-state index is 0.488. The van der Waals surface area contributed by atoms with Gasteiger partial charge in [0.05, 0.1) is 5.69 Å². The first-order valence-corrected chi connectivity index (χ1v) is 6.59. The summed E-state index contributed by atoms with van der Waals surface area (Å²) >= 11 is 0. The summed E-state index contributed by atoms with van der Waals surface area (Å²) in [7, 11) is 0. The summed E-state index contributed by atoms with van der Waals surface area (Å²) < 4.78 is 5.77. The van der Waals surface area contributed by atoms with Crippen molar-refractivity contribution < 1.29 is 4.74 Å². The number of ether oxygens (including phenoxy) is 1.